The van der Waals surface area contributed by atoms with E-state index in [0.29, 0.717) is 13.2 Å². The summed E-state index contributed by atoms with van der Waals surface area (Å²) in [6, 6.07) is 8.61. The summed E-state index contributed by atoms with van der Waals surface area (Å²) in [6.45, 7) is 14.8. The Morgan fingerprint density at radius 2 is 1.75 bits per heavy atom. The lowest BCUT2D eigenvalue weighted by molar-refractivity contribution is -0.142. The van der Waals surface area contributed by atoms with E-state index in [-0.39, 0.29) is 36.0 Å². The fourth-order valence-electron chi connectivity index (χ4n) is 4.25. The molecule has 0 bridgehead atoms. The normalized spacial score (nSPS) is 19.2. The zero-order chi connectivity index (χ0) is 22.1. The predicted octanol–water partition coefficient (Wildman–Crippen LogP) is 2.94. The number of hydrogen-bond donors (Lipinski definition) is 1. The summed E-state index contributed by atoms with van der Waals surface area (Å²) in [5, 5.41) is 3.44. The van der Waals surface area contributed by atoms with Crippen LogP contribution in [0.4, 0.5) is 0 Å². The Morgan fingerprint density at radius 1 is 1.09 bits per heavy atom. The standard InChI is InChI=1S/C24H39N5O2.HI/c1-4-25-24(26-18-20-10-7-8-11-21(20)19-27(5-2)6-3)29-15-13-28(14-16-29)23(30)22-12-9-17-31-22;/h7-8,10-11,22H,4-6,9,12-19H2,1-3H3,(H,25,26);1H. The minimum atomic E-state index is -0.226. The van der Waals surface area contributed by atoms with Crippen LogP contribution in [0, 0.1) is 0 Å². The van der Waals surface area contributed by atoms with Gasteiger partial charge >= 0.3 is 0 Å². The molecule has 0 saturated carbocycles. The van der Waals surface area contributed by atoms with Gasteiger partial charge in [-0.15, -0.1) is 24.0 Å². The number of amides is 1. The van der Waals surface area contributed by atoms with Crippen LogP contribution in [0.25, 0.3) is 0 Å². The van der Waals surface area contributed by atoms with E-state index >= 15 is 0 Å². The third kappa shape index (κ3) is 7.31. The Hall–Kier alpha value is -1.39. The molecule has 1 unspecified atom stereocenters. The fraction of sp³-hybridized carbons (Fsp3) is 0.667. The number of benzene rings is 1. The first-order chi connectivity index (χ1) is 15.2. The van der Waals surface area contributed by atoms with Gasteiger partial charge in [0.15, 0.2) is 5.96 Å². The quantitative estimate of drug-likeness (QED) is 0.303. The van der Waals surface area contributed by atoms with Crippen LogP contribution >= 0.6 is 24.0 Å². The van der Waals surface area contributed by atoms with Gasteiger partial charge < -0.3 is 19.9 Å². The molecule has 2 fully saturated rings. The van der Waals surface area contributed by atoms with Crippen LogP contribution in [-0.4, -0.2) is 85.1 Å². The first-order valence-corrected chi connectivity index (χ1v) is 11.9. The monoisotopic (exact) mass is 557 g/mol. The van der Waals surface area contributed by atoms with Gasteiger partial charge in [0.1, 0.15) is 6.10 Å². The molecule has 1 aromatic carbocycles. The molecule has 3 rings (SSSR count). The van der Waals surface area contributed by atoms with E-state index in [1.807, 2.05) is 4.90 Å². The summed E-state index contributed by atoms with van der Waals surface area (Å²) in [5.74, 6) is 1.09. The molecule has 1 atom stereocenters. The number of piperazine rings is 1. The molecule has 0 aromatic heterocycles. The molecule has 2 aliphatic rings. The third-order valence-corrected chi connectivity index (χ3v) is 6.24. The van der Waals surface area contributed by atoms with Crippen molar-refractivity contribution in [2.24, 2.45) is 4.99 Å². The molecule has 7 nitrogen and oxygen atoms in total. The molecule has 0 aliphatic carbocycles. The van der Waals surface area contributed by atoms with Crippen LogP contribution < -0.4 is 5.32 Å². The fourth-order valence-corrected chi connectivity index (χ4v) is 4.25. The number of hydrogen-bond acceptors (Lipinski definition) is 4. The van der Waals surface area contributed by atoms with Crippen LogP contribution in [0.3, 0.4) is 0 Å². The highest BCUT2D eigenvalue weighted by Gasteiger charge is 2.30. The lowest BCUT2D eigenvalue weighted by atomic mass is 10.1. The molecule has 32 heavy (non-hydrogen) atoms. The summed E-state index contributed by atoms with van der Waals surface area (Å²) in [5.41, 5.74) is 2.62. The van der Waals surface area contributed by atoms with Gasteiger partial charge in [0.2, 0.25) is 0 Å². The molecule has 1 aromatic rings. The molecule has 0 spiro atoms. The Labute approximate surface area is 210 Å². The van der Waals surface area contributed by atoms with Crippen LogP contribution in [0.1, 0.15) is 44.7 Å². The Kier molecular flexibility index (Phi) is 11.7. The molecule has 180 valence electrons. The highest BCUT2D eigenvalue weighted by molar-refractivity contribution is 14.0. The lowest BCUT2D eigenvalue weighted by Gasteiger charge is -2.37. The maximum Gasteiger partial charge on any atom is 0.251 e. The van der Waals surface area contributed by atoms with Gasteiger partial charge in [0.05, 0.1) is 6.54 Å². The van der Waals surface area contributed by atoms with Gasteiger partial charge in [0, 0.05) is 45.9 Å². The molecule has 2 saturated heterocycles. The summed E-state index contributed by atoms with van der Waals surface area (Å²) in [7, 11) is 0. The minimum Gasteiger partial charge on any atom is -0.368 e. The van der Waals surface area contributed by atoms with E-state index in [9.17, 15) is 4.79 Å². The molecular weight excluding hydrogens is 517 g/mol. The van der Waals surface area contributed by atoms with Gasteiger partial charge in [0.25, 0.3) is 5.91 Å². The highest BCUT2D eigenvalue weighted by Crippen LogP contribution is 2.17. The summed E-state index contributed by atoms with van der Waals surface area (Å²) >= 11 is 0. The average Bonchev–Trinajstić information content (AvgIpc) is 3.35. The topological polar surface area (TPSA) is 60.4 Å². The average molecular weight is 558 g/mol. The number of halogens is 1. The van der Waals surface area contributed by atoms with Crippen molar-refractivity contribution in [1.82, 2.24) is 20.0 Å². The SMILES string of the molecule is CCNC(=NCc1ccccc1CN(CC)CC)N1CCN(C(=O)C2CCCO2)CC1.I. The second-order valence-corrected chi connectivity index (χ2v) is 8.21. The van der Waals surface area contributed by atoms with Crippen molar-refractivity contribution < 1.29 is 9.53 Å². The van der Waals surface area contributed by atoms with Crippen LogP contribution in [-0.2, 0) is 22.6 Å². The van der Waals surface area contributed by atoms with E-state index < -0.39 is 0 Å². The van der Waals surface area contributed by atoms with Crippen LogP contribution in [0.15, 0.2) is 29.3 Å². The second-order valence-electron chi connectivity index (χ2n) is 8.21. The smallest absolute Gasteiger partial charge is 0.251 e. The lowest BCUT2D eigenvalue weighted by Crippen LogP contribution is -2.55. The first-order valence-electron chi connectivity index (χ1n) is 11.9. The van der Waals surface area contributed by atoms with Crippen molar-refractivity contribution in [3.63, 3.8) is 0 Å². The zero-order valence-electron chi connectivity index (χ0n) is 19.9. The third-order valence-electron chi connectivity index (χ3n) is 6.24. The molecule has 1 amide bonds. The first kappa shape index (κ1) is 26.9. The molecule has 2 heterocycles. The van der Waals surface area contributed by atoms with Gasteiger partial charge in [-0.25, -0.2) is 4.99 Å². The van der Waals surface area contributed by atoms with E-state index in [1.165, 1.54) is 11.1 Å². The number of carbonyl (C=O) groups is 1. The van der Waals surface area contributed by atoms with E-state index in [0.717, 1.165) is 71.2 Å². The van der Waals surface area contributed by atoms with Crippen molar-refractivity contribution in [3.8, 4) is 0 Å². The second kappa shape index (κ2) is 14.0. The Bertz CT molecular complexity index is 727. The molecule has 0 radical (unpaired) electrons. The number of ether oxygens (including phenoxy) is 1. The van der Waals surface area contributed by atoms with Gasteiger partial charge in [-0.05, 0) is 44.0 Å². The van der Waals surface area contributed by atoms with Gasteiger partial charge in [-0.3, -0.25) is 9.69 Å². The maximum absolute atomic E-state index is 12.6. The number of guanidine groups is 1. The van der Waals surface area contributed by atoms with Crippen molar-refractivity contribution >= 4 is 35.8 Å². The van der Waals surface area contributed by atoms with Crippen molar-refractivity contribution in [3.05, 3.63) is 35.4 Å². The molecular formula is C24H40IN5O2. The number of carbonyl (C=O) groups excluding carboxylic acids is 1. The van der Waals surface area contributed by atoms with E-state index in [1.54, 1.807) is 0 Å². The summed E-state index contributed by atoms with van der Waals surface area (Å²) in [4.78, 5) is 24.2. The number of rotatable bonds is 8. The Balaban J connectivity index is 0.00000363. The van der Waals surface area contributed by atoms with Gasteiger partial charge in [-0.1, -0.05) is 38.1 Å². The molecule has 1 N–H and O–H groups in total. The van der Waals surface area contributed by atoms with E-state index in [4.69, 9.17) is 9.73 Å². The maximum atomic E-state index is 12.6. The summed E-state index contributed by atoms with van der Waals surface area (Å²) in [6.07, 6.45) is 1.62. The number of nitrogens with one attached hydrogen (secondary N) is 1. The molecule has 8 heteroatoms. The zero-order valence-corrected chi connectivity index (χ0v) is 22.2. The number of aliphatic imine (C=N–C) groups is 1. The van der Waals surface area contributed by atoms with Crippen molar-refractivity contribution in [1.29, 1.82) is 0 Å². The Morgan fingerprint density at radius 3 is 2.34 bits per heavy atom. The van der Waals surface area contributed by atoms with Crippen molar-refractivity contribution in [2.45, 2.75) is 52.8 Å². The molecule has 2 aliphatic heterocycles. The van der Waals surface area contributed by atoms with Gasteiger partial charge in [-0.2, -0.15) is 0 Å². The van der Waals surface area contributed by atoms with Crippen LogP contribution in [0.2, 0.25) is 0 Å². The number of nitrogens with zero attached hydrogens (tertiary/aromatic N) is 4. The van der Waals surface area contributed by atoms with E-state index in [2.05, 4.69) is 60.2 Å². The predicted molar refractivity (Wildman–Crippen MR) is 140 cm³/mol. The van der Waals surface area contributed by atoms with Crippen molar-refractivity contribution in [2.75, 3.05) is 52.4 Å². The minimum absolute atomic E-state index is 0. The highest BCUT2D eigenvalue weighted by atomic mass is 127. The van der Waals surface area contributed by atoms with Crippen LogP contribution in [0.5, 0.6) is 0 Å². The summed E-state index contributed by atoms with van der Waals surface area (Å²) < 4.78 is 5.58. The largest absolute Gasteiger partial charge is 0.368 e.